The number of ether oxygens (including phenoxy) is 1. The Morgan fingerprint density at radius 2 is 1.67 bits per heavy atom. The number of hydrogen-bond acceptors (Lipinski definition) is 4. The maximum atomic E-state index is 13.3. The summed E-state index contributed by atoms with van der Waals surface area (Å²) in [5, 5.41) is 2.77. The van der Waals surface area contributed by atoms with E-state index in [4.69, 9.17) is 4.74 Å². The fraction of sp³-hybridized carbons (Fsp3) is 0.174. The number of nitrogens with one attached hydrogen (secondary N) is 1. The van der Waals surface area contributed by atoms with Gasteiger partial charge in [-0.15, -0.1) is 0 Å². The fourth-order valence-corrected chi connectivity index (χ4v) is 4.41. The number of rotatable bonds is 8. The van der Waals surface area contributed by atoms with E-state index in [0.29, 0.717) is 23.7 Å². The summed E-state index contributed by atoms with van der Waals surface area (Å²) < 4.78 is 33.1. The van der Waals surface area contributed by atoms with Crippen molar-refractivity contribution in [1.82, 2.24) is 0 Å². The van der Waals surface area contributed by atoms with Gasteiger partial charge in [0.15, 0.2) is 0 Å². The van der Waals surface area contributed by atoms with Crippen molar-refractivity contribution in [3.05, 3.63) is 84.4 Å². The van der Waals surface area contributed by atoms with Crippen LogP contribution in [0, 0.1) is 6.92 Å². The lowest BCUT2D eigenvalue weighted by Gasteiger charge is -2.24. The summed E-state index contributed by atoms with van der Waals surface area (Å²) in [4.78, 5) is 12.8. The Labute approximate surface area is 177 Å². The summed E-state index contributed by atoms with van der Waals surface area (Å²) in [6.45, 7) is 3.93. The molecule has 3 aromatic rings. The Hall–Kier alpha value is -3.32. The largest absolute Gasteiger partial charge is 0.494 e. The molecule has 0 bridgehead atoms. The average molecular weight is 425 g/mol. The maximum Gasteiger partial charge on any atom is 0.264 e. The molecular formula is C23H24N2O4S. The molecular weight excluding hydrogens is 400 g/mol. The fourth-order valence-electron chi connectivity index (χ4n) is 2.96. The third-order valence-corrected chi connectivity index (χ3v) is 6.14. The van der Waals surface area contributed by atoms with Gasteiger partial charge in [0, 0.05) is 5.69 Å². The first-order valence-corrected chi connectivity index (χ1v) is 11.0. The molecule has 3 aromatic carbocycles. The first-order valence-electron chi connectivity index (χ1n) is 9.57. The van der Waals surface area contributed by atoms with Crippen LogP contribution in [0.2, 0.25) is 0 Å². The number of benzene rings is 3. The highest BCUT2D eigenvalue weighted by Crippen LogP contribution is 2.26. The Morgan fingerprint density at radius 3 is 2.30 bits per heavy atom. The van der Waals surface area contributed by atoms with E-state index in [-0.39, 0.29) is 11.4 Å². The number of anilines is 2. The molecule has 0 radical (unpaired) electrons. The van der Waals surface area contributed by atoms with Crippen molar-refractivity contribution in [2.75, 3.05) is 22.8 Å². The minimum Gasteiger partial charge on any atom is -0.494 e. The van der Waals surface area contributed by atoms with Gasteiger partial charge in [0.25, 0.3) is 10.0 Å². The first-order chi connectivity index (χ1) is 14.4. The summed E-state index contributed by atoms with van der Waals surface area (Å²) in [5.41, 5.74) is 1.98. The van der Waals surface area contributed by atoms with Crippen molar-refractivity contribution in [2.24, 2.45) is 0 Å². The van der Waals surface area contributed by atoms with E-state index in [1.54, 1.807) is 48.5 Å². The Kier molecular flexibility index (Phi) is 6.74. The van der Waals surface area contributed by atoms with Crippen LogP contribution < -0.4 is 14.4 Å². The van der Waals surface area contributed by atoms with E-state index in [9.17, 15) is 13.2 Å². The lowest BCUT2D eigenvalue weighted by Crippen LogP contribution is -2.38. The molecule has 0 saturated heterocycles. The highest BCUT2D eigenvalue weighted by molar-refractivity contribution is 7.92. The van der Waals surface area contributed by atoms with Gasteiger partial charge in [-0.25, -0.2) is 8.42 Å². The molecule has 0 aromatic heterocycles. The predicted octanol–water partition coefficient (Wildman–Crippen LogP) is 4.23. The van der Waals surface area contributed by atoms with E-state index in [1.807, 2.05) is 32.0 Å². The number of nitrogens with zero attached hydrogens (tertiary/aromatic N) is 1. The van der Waals surface area contributed by atoms with Crippen molar-refractivity contribution >= 4 is 27.3 Å². The van der Waals surface area contributed by atoms with Gasteiger partial charge in [0.1, 0.15) is 12.3 Å². The molecule has 0 aliphatic heterocycles. The van der Waals surface area contributed by atoms with Crippen LogP contribution in [0.5, 0.6) is 5.75 Å². The van der Waals surface area contributed by atoms with Crippen molar-refractivity contribution in [3.8, 4) is 5.75 Å². The van der Waals surface area contributed by atoms with E-state index in [1.165, 1.54) is 12.1 Å². The molecule has 1 N–H and O–H groups in total. The van der Waals surface area contributed by atoms with Crippen LogP contribution in [-0.4, -0.2) is 27.5 Å². The lowest BCUT2D eigenvalue weighted by atomic mass is 10.2. The molecule has 0 fully saturated rings. The molecule has 0 spiro atoms. The molecule has 0 aliphatic rings. The van der Waals surface area contributed by atoms with Crippen LogP contribution in [-0.2, 0) is 14.8 Å². The van der Waals surface area contributed by atoms with Crippen LogP contribution in [0.25, 0.3) is 0 Å². The minimum absolute atomic E-state index is 0.113. The predicted molar refractivity (Wildman–Crippen MR) is 118 cm³/mol. The summed E-state index contributed by atoms with van der Waals surface area (Å²) in [6.07, 6.45) is 0. The highest BCUT2D eigenvalue weighted by atomic mass is 32.2. The molecule has 0 aliphatic carbocycles. The van der Waals surface area contributed by atoms with Crippen molar-refractivity contribution in [1.29, 1.82) is 0 Å². The van der Waals surface area contributed by atoms with Gasteiger partial charge in [-0.3, -0.25) is 9.10 Å². The smallest absolute Gasteiger partial charge is 0.264 e. The lowest BCUT2D eigenvalue weighted by molar-refractivity contribution is -0.114. The van der Waals surface area contributed by atoms with E-state index in [0.717, 1.165) is 9.87 Å². The number of carbonyl (C=O) groups excluding carboxylic acids is 1. The SMILES string of the molecule is CCOc1ccc(N(CC(=O)Nc2cccc(C)c2)S(=O)(=O)c2ccccc2)cc1. The van der Waals surface area contributed by atoms with Gasteiger partial charge in [-0.05, 0) is 67.9 Å². The van der Waals surface area contributed by atoms with Gasteiger partial charge in [0.05, 0.1) is 17.2 Å². The summed E-state index contributed by atoms with van der Waals surface area (Å²) in [7, 11) is -3.94. The Bertz CT molecular complexity index is 1100. The molecule has 3 rings (SSSR count). The Morgan fingerprint density at radius 1 is 0.967 bits per heavy atom. The number of hydrogen-bond donors (Lipinski definition) is 1. The number of carbonyl (C=O) groups is 1. The van der Waals surface area contributed by atoms with E-state index in [2.05, 4.69) is 5.32 Å². The van der Waals surface area contributed by atoms with Crippen LogP contribution in [0.4, 0.5) is 11.4 Å². The quantitative estimate of drug-likeness (QED) is 0.587. The van der Waals surface area contributed by atoms with Crippen LogP contribution in [0.15, 0.2) is 83.8 Å². The summed E-state index contributed by atoms with van der Waals surface area (Å²) in [5.74, 6) is 0.191. The van der Waals surface area contributed by atoms with Gasteiger partial charge in [-0.2, -0.15) is 0 Å². The van der Waals surface area contributed by atoms with E-state index < -0.39 is 15.9 Å². The van der Waals surface area contributed by atoms with Crippen LogP contribution >= 0.6 is 0 Å². The van der Waals surface area contributed by atoms with Crippen molar-refractivity contribution < 1.29 is 17.9 Å². The molecule has 156 valence electrons. The molecule has 0 atom stereocenters. The topological polar surface area (TPSA) is 75.7 Å². The first kappa shape index (κ1) is 21.4. The monoisotopic (exact) mass is 424 g/mol. The molecule has 6 nitrogen and oxygen atoms in total. The van der Waals surface area contributed by atoms with Gasteiger partial charge in [-0.1, -0.05) is 30.3 Å². The Balaban J connectivity index is 1.92. The number of sulfonamides is 1. The van der Waals surface area contributed by atoms with E-state index >= 15 is 0 Å². The third kappa shape index (κ3) is 5.18. The second kappa shape index (κ2) is 9.45. The van der Waals surface area contributed by atoms with Crippen LogP contribution in [0.3, 0.4) is 0 Å². The van der Waals surface area contributed by atoms with Gasteiger partial charge in [0.2, 0.25) is 5.91 Å². The second-order valence-corrected chi connectivity index (χ2v) is 8.53. The zero-order valence-corrected chi connectivity index (χ0v) is 17.7. The molecule has 0 unspecified atom stereocenters. The zero-order valence-electron chi connectivity index (χ0n) is 16.9. The summed E-state index contributed by atoms with van der Waals surface area (Å²) >= 11 is 0. The van der Waals surface area contributed by atoms with Crippen LogP contribution in [0.1, 0.15) is 12.5 Å². The zero-order chi connectivity index (χ0) is 21.6. The molecule has 0 heterocycles. The third-order valence-electron chi connectivity index (χ3n) is 4.36. The highest BCUT2D eigenvalue weighted by Gasteiger charge is 2.27. The minimum atomic E-state index is -3.94. The molecule has 1 amide bonds. The second-order valence-electron chi connectivity index (χ2n) is 6.67. The normalized spacial score (nSPS) is 11.0. The number of aryl methyl sites for hydroxylation is 1. The van der Waals surface area contributed by atoms with Crippen molar-refractivity contribution in [2.45, 2.75) is 18.7 Å². The average Bonchev–Trinajstić information content (AvgIpc) is 2.73. The standard InChI is InChI=1S/C23H24N2O4S/c1-3-29-21-14-12-20(13-15-21)25(30(27,28)22-10-5-4-6-11-22)17-23(26)24-19-9-7-8-18(2)16-19/h4-16H,3,17H2,1-2H3,(H,24,26). The molecule has 30 heavy (non-hydrogen) atoms. The van der Waals surface area contributed by atoms with Gasteiger partial charge >= 0.3 is 0 Å². The van der Waals surface area contributed by atoms with Crippen molar-refractivity contribution in [3.63, 3.8) is 0 Å². The summed E-state index contributed by atoms with van der Waals surface area (Å²) in [6, 6.07) is 22.0. The maximum absolute atomic E-state index is 13.3. The molecule has 0 saturated carbocycles. The van der Waals surface area contributed by atoms with Gasteiger partial charge < -0.3 is 10.1 Å². The number of amides is 1. The molecule has 7 heteroatoms.